The van der Waals surface area contributed by atoms with Crippen LogP contribution in [0.25, 0.3) is 0 Å². The Morgan fingerprint density at radius 1 is 1.14 bits per heavy atom. The molecule has 2 heterocycles. The Morgan fingerprint density at radius 3 is 2.14 bits per heavy atom. The molecule has 2 aliphatic rings. The SMILES string of the molecule is CCC.CCCCN(N)/C=C(\N)C1CN(C2CCN(C(=O)C(C)(C)C)CC2)C1. The fourth-order valence-corrected chi connectivity index (χ4v) is 3.63. The molecule has 2 saturated heterocycles. The van der Waals surface area contributed by atoms with Gasteiger partial charge in [-0.25, -0.2) is 5.84 Å². The average Bonchev–Trinajstić information content (AvgIpc) is 2.58. The maximum absolute atomic E-state index is 12.4. The number of hydrazine groups is 1. The topological polar surface area (TPSA) is 78.8 Å². The van der Waals surface area contributed by atoms with Crippen LogP contribution in [0, 0.1) is 11.3 Å². The van der Waals surface area contributed by atoms with E-state index in [0.29, 0.717) is 12.0 Å². The second kappa shape index (κ2) is 11.7. The average molecular weight is 396 g/mol. The molecule has 0 aromatic heterocycles. The van der Waals surface area contributed by atoms with Crippen molar-refractivity contribution in [1.29, 1.82) is 0 Å². The number of nitrogens with zero attached hydrogens (tertiary/aromatic N) is 3. The number of hydrogen-bond donors (Lipinski definition) is 2. The molecule has 2 aliphatic heterocycles. The first-order valence-corrected chi connectivity index (χ1v) is 11.2. The zero-order valence-corrected chi connectivity index (χ0v) is 19.2. The highest BCUT2D eigenvalue weighted by Crippen LogP contribution is 2.29. The molecule has 28 heavy (non-hydrogen) atoms. The van der Waals surface area contributed by atoms with Crippen LogP contribution in [0.2, 0.25) is 0 Å². The van der Waals surface area contributed by atoms with E-state index in [2.05, 4.69) is 25.7 Å². The first-order valence-electron chi connectivity index (χ1n) is 11.2. The van der Waals surface area contributed by atoms with Gasteiger partial charge in [-0.05, 0) is 19.3 Å². The predicted molar refractivity (Wildman–Crippen MR) is 118 cm³/mol. The lowest BCUT2D eigenvalue weighted by molar-refractivity contribution is -0.141. The number of unbranched alkanes of at least 4 members (excludes halogenated alkanes) is 1. The van der Waals surface area contributed by atoms with Gasteiger partial charge in [0, 0.05) is 62.0 Å². The minimum absolute atomic E-state index is 0.273. The summed E-state index contributed by atoms with van der Waals surface area (Å²) in [4.78, 5) is 16.9. The van der Waals surface area contributed by atoms with Crippen LogP contribution in [0.5, 0.6) is 0 Å². The minimum atomic E-state index is -0.278. The van der Waals surface area contributed by atoms with Gasteiger partial charge in [0.2, 0.25) is 5.91 Å². The number of piperidine rings is 1. The van der Waals surface area contributed by atoms with E-state index in [-0.39, 0.29) is 11.3 Å². The van der Waals surface area contributed by atoms with Gasteiger partial charge in [-0.2, -0.15) is 0 Å². The molecule has 0 unspecified atom stereocenters. The molecular weight excluding hydrogens is 350 g/mol. The van der Waals surface area contributed by atoms with Crippen LogP contribution in [0.15, 0.2) is 11.9 Å². The third-order valence-corrected chi connectivity index (χ3v) is 5.38. The molecular formula is C22H45N5O. The van der Waals surface area contributed by atoms with Crippen molar-refractivity contribution in [2.24, 2.45) is 22.9 Å². The van der Waals surface area contributed by atoms with Gasteiger partial charge >= 0.3 is 0 Å². The molecule has 0 spiro atoms. The molecule has 2 rings (SSSR count). The molecule has 2 fully saturated rings. The van der Waals surface area contributed by atoms with Crippen LogP contribution in [0.1, 0.15) is 73.6 Å². The lowest BCUT2D eigenvalue weighted by Crippen LogP contribution is -2.57. The van der Waals surface area contributed by atoms with Gasteiger partial charge in [0.25, 0.3) is 0 Å². The van der Waals surface area contributed by atoms with E-state index in [1.54, 1.807) is 5.01 Å². The summed E-state index contributed by atoms with van der Waals surface area (Å²) in [6.07, 6.45) is 7.51. The standard InChI is InChI=1S/C19H37N5O.C3H8/c1-5-6-9-24(21)14-17(20)15-12-23(13-15)16-7-10-22(11-8-16)18(25)19(2,3)4;1-3-2/h14-16H,5-13,20-21H2,1-4H3;3H2,1-2H3/b17-14-;. The fraction of sp³-hybridized carbons (Fsp3) is 0.864. The molecule has 6 nitrogen and oxygen atoms in total. The van der Waals surface area contributed by atoms with Crippen molar-refractivity contribution < 1.29 is 4.79 Å². The van der Waals surface area contributed by atoms with Crippen molar-refractivity contribution in [3.63, 3.8) is 0 Å². The molecule has 0 aromatic rings. The highest BCUT2D eigenvalue weighted by atomic mass is 16.2. The number of rotatable bonds is 6. The Morgan fingerprint density at radius 2 is 1.68 bits per heavy atom. The molecule has 0 atom stereocenters. The molecule has 0 radical (unpaired) electrons. The van der Waals surface area contributed by atoms with Crippen molar-refractivity contribution in [3.8, 4) is 0 Å². The van der Waals surface area contributed by atoms with E-state index in [9.17, 15) is 4.79 Å². The lowest BCUT2D eigenvalue weighted by atomic mass is 9.89. The summed E-state index contributed by atoms with van der Waals surface area (Å²) in [6, 6.07) is 0.585. The predicted octanol–water partition coefficient (Wildman–Crippen LogP) is 3.15. The van der Waals surface area contributed by atoms with Gasteiger partial charge in [-0.15, -0.1) is 0 Å². The summed E-state index contributed by atoms with van der Waals surface area (Å²) in [6.45, 7) is 17.0. The third kappa shape index (κ3) is 7.63. The normalized spacial score (nSPS) is 19.7. The highest BCUT2D eigenvalue weighted by Gasteiger charge is 2.37. The molecule has 4 N–H and O–H groups in total. The van der Waals surface area contributed by atoms with E-state index in [0.717, 1.165) is 64.1 Å². The van der Waals surface area contributed by atoms with Crippen LogP contribution in [-0.2, 0) is 4.79 Å². The maximum Gasteiger partial charge on any atom is 0.227 e. The first kappa shape index (κ1) is 24.8. The van der Waals surface area contributed by atoms with Gasteiger partial charge in [0.15, 0.2) is 0 Å². The van der Waals surface area contributed by atoms with E-state index >= 15 is 0 Å². The summed E-state index contributed by atoms with van der Waals surface area (Å²) in [7, 11) is 0. The molecule has 6 heteroatoms. The Labute approximate surface area is 173 Å². The number of carbonyl (C=O) groups is 1. The van der Waals surface area contributed by atoms with E-state index < -0.39 is 0 Å². The zero-order chi connectivity index (χ0) is 21.3. The molecule has 0 aliphatic carbocycles. The molecule has 164 valence electrons. The zero-order valence-electron chi connectivity index (χ0n) is 19.2. The van der Waals surface area contributed by atoms with E-state index in [4.69, 9.17) is 11.6 Å². The Kier molecular flexibility index (Phi) is 10.3. The summed E-state index contributed by atoms with van der Waals surface area (Å²) in [5, 5.41) is 1.72. The van der Waals surface area contributed by atoms with Crippen molar-refractivity contribution in [1.82, 2.24) is 14.8 Å². The van der Waals surface area contributed by atoms with Gasteiger partial charge in [0.1, 0.15) is 0 Å². The van der Waals surface area contributed by atoms with Crippen LogP contribution < -0.4 is 11.6 Å². The Hall–Kier alpha value is -1.27. The molecule has 1 amide bonds. The van der Waals surface area contributed by atoms with Crippen LogP contribution in [0.4, 0.5) is 0 Å². The van der Waals surface area contributed by atoms with Crippen molar-refractivity contribution in [2.75, 3.05) is 32.7 Å². The number of hydrogen-bond acceptors (Lipinski definition) is 5. The number of amides is 1. The summed E-state index contributed by atoms with van der Waals surface area (Å²) in [5.41, 5.74) is 6.83. The number of likely N-dealkylation sites (tertiary alicyclic amines) is 2. The second-order valence-corrected chi connectivity index (χ2v) is 9.35. The van der Waals surface area contributed by atoms with Gasteiger partial charge < -0.3 is 15.6 Å². The van der Waals surface area contributed by atoms with Crippen LogP contribution >= 0.6 is 0 Å². The van der Waals surface area contributed by atoms with Gasteiger partial charge in [-0.3, -0.25) is 9.69 Å². The highest BCUT2D eigenvalue weighted by molar-refractivity contribution is 5.81. The molecule has 0 bridgehead atoms. The molecule has 0 aromatic carbocycles. The van der Waals surface area contributed by atoms with E-state index in [1.807, 2.05) is 31.9 Å². The van der Waals surface area contributed by atoms with Gasteiger partial charge in [-0.1, -0.05) is 54.4 Å². The van der Waals surface area contributed by atoms with Gasteiger partial charge in [0.05, 0.1) is 0 Å². The second-order valence-electron chi connectivity index (χ2n) is 9.35. The molecule has 0 saturated carbocycles. The summed E-state index contributed by atoms with van der Waals surface area (Å²) >= 11 is 0. The van der Waals surface area contributed by atoms with Crippen molar-refractivity contribution in [2.45, 2.75) is 79.7 Å². The maximum atomic E-state index is 12.4. The van der Waals surface area contributed by atoms with Crippen LogP contribution in [-0.4, -0.2) is 59.5 Å². The third-order valence-electron chi connectivity index (χ3n) is 5.38. The lowest BCUT2D eigenvalue weighted by Gasteiger charge is -2.48. The Bertz CT molecular complexity index is 486. The fourth-order valence-electron chi connectivity index (χ4n) is 3.63. The smallest absolute Gasteiger partial charge is 0.227 e. The van der Waals surface area contributed by atoms with Crippen molar-refractivity contribution in [3.05, 3.63) is 11.9 Å². The largest absolute Gasteiger partial charge is 0.401 e. The quantitative estimate of drug-likeness (QED) is 0.533. The minimum Gasteiger partial charge on any atom is -0.401 e. The number of carbonyl (C=O) groups excluding carboxylic acids is 1. The monoisotopic (exact) mass is 395 g/mol. The van der Waals surface area contributed by atoms with Crippen molar-refractivity contribution >= 4 is 5.91 Å². The Balaban J connectivity index is 0.00000122. The first-order chi connectivity index (χ1) is 13.1. The van der Waals surface area contributed by atoms with Crippen LogP contribution in [0.3, 0.4) is 0 Å². The summed E-state index contributed by atoms with van der Waals surface area (Å²) < 4.78 is 0. The summed E-state index contributed by atoms with van der Waals surface area (Å²) in [5.74, 6) is 6.65. The number of nitrogens with two attached hydrogens (primary N) is 2. The van der Waals surface area contributed by atoms with E-state index in [1.165, 1.54) is 6.42 Å².